The van der Waals surface area contributed by atoms with Gasteiger partial charge in [-0.05, 0) is 26.7 Å². The Hall–Kier alpha value is -0.610. The van der Waals surface area contributed by atoms with Crippen LogP contribution >= 0.6 is 24.0 Å². The van der Waals surface area contributed by atoms with E-state index in [1.807, 2.05) is 13.8 Å². The maximum Gasteiger partial charge on any atom is 0.241 e. The number of carbonyl (C=O) groups is 1. The lowest BCUT2D eigenvalue weighted by atomic mass is 10.1. The first-order valence-electron chi connectivity index (χ1n) is 8.11. The van der Waals surface area contributed by atoms with E-state index in [0.29, 0.717) is 19.3 Å². The molecule has 8 heteroatoms. The summed E-state index contributed by atoms with van der Waals surface area (Å²) in [7, 11) is 1.61. The van der Waals surface area contributed by atoms with Crippen molar-refractivity contribution >= 4 is 35.8 Å². The third-order valence-electron chi connectivity index (χ3n) is 3.48. The van der Waals surface area contributed by atoms with Gasteiger partial charge in [-0.2, -0.15) is 0 Å². The lowest BCUT2D eigenvalue weighted by Gasteiger charge is -2.34. The van der Waals surface area contributed by atoms with Crippen molar-refractivity contribution < 1.29 is 14.3 Å². The second-order valence-electron chi connectivity index (χ2n) is 5.15. The number of nitrogens with one attached hydrogen (secondary N) is 2. The van der Waals surface area contributed by atoms with Crippen LogP contribution in [0.5, 0.6) is 0 Å². The van der Waals surface area contributed by atoms with Crippen molar-refractivity contribution in [1.82, 2.24) is 15.5 Å². The molecule has 0 aromatic carbocycles. The smallest absolute Gasteiger partial charge is 0.241 e. The van der Waals surface area contributed by atoms with Crippen LogP contribution in [0.1, 0.15) is 26.7 Å². The molecule has 0 aromatic heterocycles. The van der Waals surface area contributed by atoms with Crippen LogP contribution in [0.2, 0.25) is 0 Å². The van der Waals surface area contributed by atoms with Crippen LogP contribution in [0.4, 0.5) is 0 Å². The highest BCUT2D eigenvalue weighted by molar-refractivity contribution is 14.0. The van der Waals surface area contributed by atoms with Crippen molar-refractivity contribution in [3.05, 3.63) is 0 Å². The molecule has 0 bridgehead atoms. The van der Waals surface area contributed by atoms with E-state index in [-0.39, 0.29) is 36.4 Å². The fourth-order valence-corrected chi connectivity index (χ4v) is 2.39. The van der Waals surface area contributed by atoms with Crippen LogP contribution in [0.3, 0.4) is 0 Å². The van der Waals surface area contributed by atoms with Crippen LogP contribution in [0.15, 0.2) is 4.99 Å². The van der Waals surface area contributed by atoms with Crippen LogP contribution in [-0.2, 0) is 14.3 Å². The van der Waals surface area contributed by atoms with Crippen LogP contribution in [0, 0.1) is 0 Å². The molecule has 1 saturated heterocycles. The van der Waals surface area contributed by atoms with Gasteiger partial charge in [-0.15, -0.1) is 24.0 Å². The Morgan fingerprint density at radius 3 is 2.52 bits per heavy atom. The zero-order valence-corrected chi connectivity index (χ0v) is 16.8. The average molecular weight is 442 g/mol. The predicted octanol–water partition coefficient (Wildman–Crippen LogP) is 0.833. The number of carbonyl (C=O) groups excluding carboxylic acids is 1. The molecule has 0 aliphatic carbocycles. The second kappa shape index (κ2) is 13.8. The molecule has 1 rings (SSSR count). The van der Waals surface area contributed by atoms with Crippen LogP contribution < -0.4 is 10.6 Å². The first-order valence-corrected chi connectivity index (χ1v) is 8.11. The van der Waals surface area contributed by atoms with E-state index in [2.05, 4.69) is 20.5 Å². The van der Waals surface area contributed by atoms with Gasteiger partial charge in [0.2, 0.25) is 5.91 Å². The topological polar surface area (TPSA) is 75.2 Å². The summed E-state index contributed by atoms with van der Waals surface area (Å²) in [4.78, 5) is 18.3. The fourth-order valence-electron chi connectivity index (χ4n) is 2.39. The molecule has 0 radical (unpaired) electrons. The van der Waals surface area contributed by atoms with Gasteiger partial charge in [-0.1, -0.05) is 0 Å². The zero-order chi connectivity index (χ0) is 16.2. The van der Waals surface area contributed by atoms with Gasteiger partial charge in [0.25, 0.3) is 0 Å². The summed E-state index contributed by atoms with van der Waals surface area (Å²) in [5, 5.41) is 6.02. The predicted molar refractivity (Wildman–Crippen MR) is 103 cm³/mol. The largest absolute Gasteiger partial charge is 0.383 e. The third kappa shape index (κ3) is 9.31. The van der Waals surface area contributed by atoms with Crippen molar-refractivity contribution in [2.24, 2.45) is 4.99 Å². The molecule has 1 aliphatic rings. The van der Waals surface area contributed by atoms with Crippen molar-refractivity contribution in [3.8, 4) is 0 Å². The number of piperidine rings is 1. The van der Waals surface area contributed by atoms with Crippen molar-refractivity contribution in [1.29, 1.82) is 0 Å². The molecule has 1 amide bonds. The molecule has 23 heavy (non-hydrogen) atoms. The number of guanidine groups is 1. The minimum absolute atomic E-state index is 0. The molecule has 7 nitrogen and oxygen atoms in total. The highest BCUT2D eigenvalue weighted by Gasteiger charge is 2.21. The lowest BCUT2D eigenvalue weighted by molar-refractivity contribution is -0.119. The van der Waals surface area contributed by atoms with E-state index in [9.17, 15) is 4.79 Å². The molecule has 0 aromatic rings. The number of methoxy groups -OCH3 is 1. The molecule has 2 N–H and O–H groups in total. The quantitative estimate of drug-likeness (QED) is 0.252. The van der Waals surface area contributed by atoms with Crippen molar-refractivity contribution in [2.45, 2.75) is 32.8 Å². The molecule has 0 unspecified atom stereocenters. The van der Waals surface area contributed by atoms with E-state index in [0.717, 1.165) is 45.0 Å². The van der Waals surface area contributed by atoms with Crippen molar-refractivity contribution in [3.63, 3.8) is 0 Å². The Balaban J connectivity index is 0.00000484. The molecule has 1 aliphatic heterocycles. The second-order valence-corrected chi connectivity index (χ2v) is 5.15. The maximum atomic E-state index is 11.7. The fraction of sp³-hybridized carbons (Fsp3) is 0.867. The molecular weight excluding hydrogens is 411 g/mol. The van der Waals surface area contributed by atoms with Crippen LogP contribution in [0.25, 0.3) is 0 Å². The number of amides is 1. The van der Waals surface area contributed by atoms with E-state index in [4.69, 9.17) is 9.47 Å². The summed E-state index contributed by atoms with van der Waals surface area (Å²) >= 11 is 0. The Morgan fingerprint density at radius 1 is 1.26 bits per heavy atom. The van der Waals surface area contributed by atoms with Crippen molar-refractivity contribution in [2.75, 3.05) is 53.0 Å². The number of likely N-dealkylation sites (tertiary alicyclic amines) is 1. The van der Waals surface area contributed by atoms with Gasteiger partial charge < -0.3 is 25.0 Å². The number of hydrogen-bond acceptors (Lipinski definition) is 4. The van der Waals surface area contributed by atoms with Gasteiger partial charge in [-0.25, -0.2) is 4.99 Å². The number of halogens is 1. The zero-order valence-electron chi connectivity index (χ0n) is 14.5. The Bertz CT molecular complexity index is 348. The maximum absolute atomic E-state index is 11.7. The normalized spacial score (nSPS) is 16.0. The van der Waals surface area contributed by atoms with E-state index in [1.165, 1.54) is 0 Å². The molecule has 1 fully saturated rings. The Kier molecular flexibility index (Phi) is 13.4. The Labute approximate surface area is 156 Å². The number of ether oxygens (including phenoxy) is 2. The van der Waals surface area contributed by atoms with Crippen LogP contribution in [-0.4, -0.2) is 75.9 Å². The number of hydrogen-bond donors (Lipinski definition) is 2. The molecular formula is C15H31IN4O3. The molecule has 1 heterocycles. The third-order valence-corrected chi connectivity index (χ3v) is 3.48. The van der Waals surface area contributed by atoms with Gasteiger partial charge in [-0.3, -0.25) is 4.79 Å². The van der Waals surface area contributed by atoms with E-state index < -0.39 is 0 Å². The number of rotatable bonds is 8. The standard InChI is InChI=1S/C15H30N4O3.HI/c1-4-16-15(18-12-14(20)17-8-11-21-3)19-9-6-13(7-10-19)22-5-2;/h13H,4-12H2,1-3H3,(H,16,18)(H,17,20);1H. The minimum atomic E-state index is -0.0864. The monoisotopic (exact) mass is 442 g/mol. The summed E-state index contributed by atoms with van der Waals surface area (Å²) in [5.74, 6) is 0.719. The van der Waals surface area contributed by atoms with Gasteiger partial charge in [0.05, 0.1) is 12.7 Å². The van der Waals surface area contributed by atoms with Gasteiger partial charge >= 0.3 is 0 Å². The summed E-state index contributed by atoms with van der Waals surface area (Å²) in [6, 6.07) is 0. The lowest BCUT2D eigenvalue weighted by Crippen LogP contribution is -2.47. The van der Waals surface area contributed by atoms with E-state index >= 15 is 0 Å². The summed E-state index contributed by atoms with van der Waals surface area (Å²) in [6.45, 7) is 8.58. The first kappa shape index (κ1) is 22.4. The molecule has 0 atom stereocenters. The summed E-state index contributed by atoms with van der Waals surface area (Å²) in [6.07, 6.45) is 2.35. The highest BCUT2D eigenvalue weighted by atomic mass is 127. The summed E-state index contributed by atoms with van der Waals surface area (Å²) in [5.41, 5.74) is 0. The number of nitrogens with zero attached hydrogens (tertiary/aromatic N) is 2. The SMILES string of the molecule is CCNC(=NCC(=O)NCCOC)N1CCC(OCC)CC1.I. The van der Waals surface area contributed by atoms with Gasteiger partial charge in [0.1, 0.15) is 6.54 Å². The van der Waals surface area contributed by atoms with E-state index in [1.54, 1.807) is 7.11 Å². The van der Waals surface area contributed by atoms with Gasteiger partial charge in [0, 0.05) is 39.9 Å². The molecule has 136 valence electrons. The first-order chi connectivity index (χ1) is 10.7. The highest BCUT2D eigenvalue weighted by Crippen LogP contribution is 2.13. The minimum Gasteiger partial charge on any atom is -0.383 e. The molecule has 0 spiro atoms. The Morgan fingerprint density at radius 2 is 1.96 bits per heavy atom. The summed E-state index contributed by atoms with van der Waals surface area (Å²) < 4.78 is 10.6. The number of aliphatic imine (C=N–C) groups is 1. The van der Waals surface area contributed by atoms with Gasteiger partial charge in [0.15, 0.2) is 5.96 Å². The average Bonchev–Trinajstić information content (AvgIpc) is 2.53. The molecule has 0 saturated carbocycles.